The van der Waals surface area contributed by atoms with Gasteiger partial charge in [-0.2, -0.15) is 18.4 Å². The second kappa shape index (κ2) is 10.1. The Bertz CT molecular complexity index is 1280. The summed E-state index contributed by atoms with van der Waals surface area (Å²) in [5.74, 6) is -0.252. The number of pyridine rings is 3. The smallest absolute Gasteiger partial charge is 0.381 e. The Kier molecular flexibility index (Phi) is 6.93. The number of carbonyl (C=O) groups is 1. The standard InChI is InChI=1S/C24H21F3N6O2/c1-14-20(17-8-16(11-28)22(31-12-17)32-18-3-6-35-7-4-18)10-19(13-30-14)33-23(34)15-2-5-29-21(9-15)24(25,26)27/h2,5,8-10,12-13,18H,3-4,6-7H2,1H3,(H,31,32)(H,33,34). The third-order valence-corrected chi connectivity index (χ3v) is 5.54. The molecule has 11 heteroatoms. The first kappa shape index (κ1) is 24.1. The lowest BCUT2D eigenvalue weighted by Crippen LogP contribution is -2.28. The van der Waals surface area contributed by atoms with Crippen LogP contribution >= 0.6 is 0 Å². The number of nitrogens with one attached hydrogen (secondary N) is 2. The van der Waals surface area contributed by atoms with Crippen molar-refractivity contribution in [2.75, 3.05) is 23.8 Å². The van der Waals surface area contributed by atoms with Gasteiger partial charge in [0.2, 0.25) is 0 Å². The van der Waals surface area contributed by atoms with Crippen LogP contribution in [0.2, 0.25) is 0 Å². The number of rotatable bonds is 5. The number of hydrogen-bond acceptors (Lipinski definition) is 7. The van der Waals surface area contributed by atoms with Gasteiger partial charge in [0.25, 0.3) is 5.91 Å². The number of alkyl halides is 3. The van der Waals surface area contributed by atoms with Crippen molar-refractivity contribution < 1.29 is 22.7 Å². The Morgan fingerprint density at radius 3 is 2.63 bits per heavy atom. The fourth-order valence-corrected chi connectivity index (χ4v) is 3.67. The van der Waals surface area contributed by atoms with E-state index in [4.69, 9.17) is 4.74 Å². The molecule has 1 aliphatic rings. The number of carbonyl (C=O) groups excluding carboxylic acids is 1. The molecule has 0 spiro atoms. The van der Waals surface area contributed by atoms with Gasteiger partial charge >= 0.3 is 6.18 Å². The van der Waals surface area contributed by atoms with Gasteiger partial charge in [0.05, 0.1) is 17.4 Å². The summed E-state index contributed by atoms with van der Waals surface area (Å²) in [5.41, 5.74) is 1.16. The molecule has 4 rings (SSSR count). The maximum Gasteiger partial charge on any atom is 0.433 e. The number of ether oxygens (including phenoxy) is 1. The van der Waals surface area contributed by atoms with E-state index in [1.165, 1.54) is 12.3 Å². The van der Waals surface area contributed by atoms with Crippen LogP contribution in [0.25, 0.3) is 11.1 Å². The number of amides is 1. The van der Waals surface area contributed by atoms with Gasteiger partial charge in [0, 0.05) is 54.0 Å². The van der Waals surface area contributed by atoms with Crippen LogP contribution in [0.4, 0.5) is 24.7 Å². The molecule has 0 aromatic carbocycles. The van der Waals surface area contributed by atoms with Gasteiger partial charge in [-0.1, -0.05) is 0 Å². The predicted octanol–water partition coefficient (Wildman–Crippen LogP) is 4.58. The molecule has 0 saturated carbocycles. The first-order valence-corrected chi connectivity index (χ1v) is 10.8. The number of aryl methyl sites for hydroxylation is 1. The molecule has 0 radical (unpaired) electrons. The first-order valence-electron chi connectivity index (χ1n) is 10.8. The molecule has 1 amide bonds. The maximum absolute atomic E-state index is 12.9. The topological polar surface area (TPSA) is 113 Å². The van der Waals surface area contributed by atoms with Crippen molar-refractivity contribution in [3.63, 3.8) is 0 Å². The summed E-state index contributed by atoms with van der Waals surface area (Å²) in [6.07, 6.45) is 0.925. The number of nitrogens with zero attached hydrogens (tertiary/aromatic N) is 4. The third kappa shape index (κ3) is 5.73. The Labute approximate surface area is 199 Å². The second-order valence-electron chi connectivity index (χ2n) is 8.00. The number of halogens is 3. The predicted molar refractivity (Wildman–Crippen MR) is 122 cm³/mol. The van der Waals surface area contributed by atoms with Gasteiger partial charge < -0.3 is 15.4 Å². The largest absolute Gasteiger partial charge is 0.433 e. The molecule has 35 heavy (non-hydrogen) atoms. The quantitative estimate of drug-likeness (QED) is 0.547. The molecule has 4 heterocycles. The van der Waals surface area contributed by atoms with Gasteiger partial charge in [-0.15, -0.1) is 0 Å². The number of hydrogen-bond donors (Lipinski definition) is 2. The molecule has 0 aliphatic carbocycles. The lowest BCUT2D eigenvalue weighted by atomic mass is 10.0. The summed E-state index contributed by atoms with van der Waals surface area (Å²) in [7, 11) is 0. The second-order valence-corrected chi connectivity index (χ2v) is 8.00. The summed E-state index contributed by atoms with van der Waals surface area (Å²) < 4.78 is 44.1. The minimum Gasteiger partial charge on any atom is -0.381 e. The summed E-state index contributed by atoms with van der Waals surface area (Å²) in [4.78, 5) is 24.5. The molecule has 0 bridgehead atoms. The van der Waals surface area contributed by atoms with Crippen LogP contribution in [-0.2, 0) is 10.9 Å². The van der Waals surface area contributed by atoms with E-state index in [1.54, 1.807) is 25.3 Å². The van der Waals surface area contributed by atoms with Crippen molar-refractivity contribution in [1.82, 2.24) is 15.0 Å². The van der Waals surface area contributed by atoms with E-state index in [0.717, 1.165) is 19.0 Å². The van der Waals surface area contributed by atoms with Crippen LogP contribution in [0.1, 0.15) is 40.2 Å². The molecule has 1 fully saturated rings. The monoisotopic (exact) mass is 482 g/mol. The van der Waals surface area contributed by atoms with Gasteiger partial charge in [-0.25, -0.2) is 4.98 Å². The molecular weight excluding hydrogens is 461 g/mol. The van der Waals surface area contributed by atoms with Crippen LogP contribution in [0.15, 0.2) is 42.9 Å². The first-order chi connectivity index (χ1) is 16.7. The summed E-state index contributed by atoms with van der Waals surface area (Å²) in [6.45, 7) is 3.07. The lowest BCUT2D eigenvalue weighted by molar-refractivity contribution is -0.141. The highest BCUT2D eigenvalue weighted by atomic mass is 19.4. The lowest BCUT2D eigenvalue weighted by Gasteiger charge is -2.24. The molecule has 2 N–H and O–H groups in total. The summed E-state index contributed by atoms with van der Waals surface area (Å²) in [6, 6.07) is 7.52. The van der Waals surface area contributed by atoms with E-state index in [2.05, 4.69) is 31.7 Å². The van der Waals surface area contributed by atoms with E-state index in [-0.39, 0.29) is 17.3 Å². The molecule has 1 aliphatic heterocycles. The van der Waals surface area contributed by atoms with Crippen molar-refractivity contribution in [2.45, 2.75) is 32.0 Å². The van der Waals surface area contributed by atoms with Crippen LogP contribution < -0.4 is 10.6 Å². The number of anilines is 2. The van der Waals surface area contributed by atoms with Gasteiger partial charge in [-0.05, 0) is 44.0 Å². The zero-order chi connectivity index (χ0) is 25.0. The van der Waals surface area contributed by atoms with Crippen LogP contribution in [0.3, 0.4) is 0 Å². The van der Waals surface area contributed by atoms with Crippen molar-refractivity contribution in [3.05, 3.63) is 65.4 Å². The minimum absolute atomic E-state index is 0.169. The maximum atomic E-state index is 12.9. The van der Waals surface area contributed by atoms with E-state index in [9.17, 15) is 23.2 Å². The van der Waals surface area contributed by atoms with E-state index in [1.807, 2.05) is 0 Å². The van der Waals surface area contributed by atoms with Crippen molar-refractivity contribution in [2.24, 2.45) is 0 Å². The molecule has 3 aromatic rings. The SMILES string of the molecule is Cc1ncc(NC(=O)c2ccnc(C(F)(F)F)c2)cc1-c1cnc(NC2CCOCC2)c(C#N)c1. The number of nitriles is 1. The zero-order valence-electron chi connectivity index (χ0n) is 18.7. The fourth-order valence-electron chi connectivity index (χ4n) is 3.67. The fraction of sp³-hybridized carbons (Fsp3) is 0.292. The third-order valence-electron chi connectivity index (χ3n) is 5.54. The average Bonchev–Trinajstić information content (AvgIpc) is 2.85. The Morgan fingerprint density at radius 1 is 1.14 bits per heavy atom. The van der Waals surface area contributed by atoms with Crippen LogP contribution in [0.5, 0.6) is 0 Å². The van der Waals surface area contributed by atoms with Crippen LogP contribution in [0, 0.1) is 18.3 Å². The molecular formula is C24H21F3N6O2. The molecule has 3 aromatic heterocycles. The molecule has 0 unspecified atom stereocenters. The van der Waals surface area contributed by atoms with Crippen molar-refractivity contribution in [1.29, 1.82) is 5.26 Å². The Hall–Kier alpha value is -4.04. The average molecular weight is 482 g/mol. The Balaban J connectivity index is 1.56. The highest BCUT2D eigenvalue weighted by Gasteiger charge is 2.33. The zero-order valence-corrected chi connectivity index (χ0v) is 18.7. The summed E-state index contributed by atoms with van der Waals surface area (Å²) >= 11 is 0. The van der Waals surface area contributed by atoms with E-state index in [0.29, 0.717) is 47.5 Å². The number of aromatic nitrogens is 3. The van der Waals surface area contributed by atoms with Crippen molar-refractivity contribution >= 4 is 17.4 Å². The molecule has 0 atom stereocenters. The van der Waals surface area contributed by atoms with E-state index >= 15 is 0 Å². The summed E-state index contributed by atoms with van der Waals surface area (Å²) in [5, 5.41) is 15.5. The van der Waals surface area contributed by atoms with Gasteiger partial charge in [0.1, 0.15) is 17.6 Å². The highest BCUT2D eigenvalue weighted by molar-refractivity contribution is 6.04. The van der Waals surface area contributed by atoms with Crippen molar-refractivity contribution in [3.8, 4) is 17.2 Å². The molecule has 8 nitrogen and oxygen atoms in total. The highest BCUT2D eigenvalue weighted by Crippen LogP contribution is 2.29. The van der Waals surface area contributed by atoms with Crippen LogP contribution in [-0.4, -0.2) is 40.1 Å². The molecule has 180 valence electrons. The van der Waals surface area contributed by atoms with E-state index < -0.39 is 17.8 Å². The minimum atomic E-state index is -4.66. The molecule has 1 saturated heterocycles. The van der Waals surface area contributed by atoms with Gasteiger partial charge in [-0.3, -0.25) is 14.8 Å². The van der Waals surface area contributed by atoms with Gasteiger partial charge in [0.15, 0.2) is 0 Å². The normalized spacial score (nSPS) is 14.3. The Morgan fingerprint density at radius 2 is 1.91 bits per heavy atom.